The van der Waals surface area contributed by atoms with Gasteiger partial charge in [0.1, 0.15) is 29.3 Å². The maximum absolute atomic E-state index is 8.73. The molecule has 0 amide bonds. The third-order valence-corrected chi connectivity index (χ3v) is 3.35. The quantitative estimate of drug-likeness (QED) is 0.646. The second-order valence-corrected chi connectivity index (χ2v) is 4.62. The first kappa shape index (κ1) is 16.4. The molecule has 1 N–H and O–H groups in total. The fourth-order valence-electron chi connectivity index (χ4n) is 2.21. The van der Waals surface area contributed by atoms with Crippen molar-refractivity contribution in [2.75, 3.05) is 50.8 Å². The van der Waals surface area contributed by atoms with Crippen LogP contribution in [0.2, 0.25) is 0 Å². The SMILES string of the molecule is COc1cc(N2CCOCC2)c(OC)cc1NN=C(C#N)C#N. The van der Waals surface area contributed by atoms with Crippen molar-refractivity contribution in [3.05, 3.63) is 12.1 Å². The number of morpholine rings is 1. The van der Waals surface area contributed by atoms with Crippen LogP contribution in [0.5, 0.6) is 11.5 Å². The molecule has 1 aromatic rings. The van der Waals surface area contributed by atoms with Crippen molar-refractivity contribution < 1.29 is 14.2 Å². The average molecular weight is 315 g/mol. The van der Waals surface area contributed by atoms with Gasteiger partial charge in [0.2, 0.25) is 5.71 Å². The van der Waals surface area contributed by atoms with E-state index >= 15 is 0 Å². The summed E-state index contributed by atoms with van der Waals surface area (Å²) >= 11 is 0. The minimum Gasteiger partial charge on any atom is -0.494 e. The van der Waals surface area contributed by atoms with E-state index in [4.69, 9.17) is 24.7 Å². The molecule has 1 saturated heterocycles. The highest BCUT2D eigenvalue weighted by atomic mass is 16.5. The number of methoxy groups -OCH3 is 2. The Bertz CT molecular complexity index is 653. The van der Waals surface area contributed by atoms with Gasteiger partial charge in [0.25, 0.3) is 0 Å². The highest BCUT2D eigenvalue weighted by Gasteiger charge is 2.19. The van der Waals surface area contributed by atoms with Gasteiger partial charge in [-0.25, -0.2) is 0 Å². The number of rotatable bonds is 5. The Balaban J connectivity index is 2.35. The third-order valence-electron chi connectivity index (χ3n) is 3.35. The summed E-state index contributed by atoms with van der Waals surface area (Å²) in [6, 6.07) is 6.92. The van der Waals surface area contributed by atoms with Crippen molar-refractivity contribution in [2.45, 2.75) is 0 Å². The van der Waals surface area contributed by atoms with E-state index in [1.54, 1.807) is 25.3 Å². The van der Waals surface area contributed by atoms with E-state index in [-0.39, 0.29) is 5.71 Å². The summed E-state index contributed by atoms with van der Waals surface area (Å²) in [5.74, 6) is 1.17. The lowest BCUT2D eigenvalue weighted by atomic mass is 10.2. The molecule has 1 aliphatic rings. The molecule has 1 aromatic carbocycles. The molecule has 0 atom stereocenters. The van der Waals surface area contributed by atoms with Crippen molar-refractivity contribution in [3.63, 3.8) is 0 Å². The highest BCUT2D eigenvalue weighted by molar-refractivity contribution is 6.10. The van der Waals surface area contributed by atoms with Gasteiger partial charge < -0.3 is 19.1 Å². The number of nitrogens with zero attached hydrogens (tertiary/aromatic N) is 4. The van der Waals surface area contributed by atoms with Crippen molar-refractivity contribution in [1.82, 2.24) is 0 Å². The van der Waals surface area contributed by atoms with Crippen molar-refractivity contribution in [2.24, 2.45) is 5.10 Å². The molecule has 8 heteroatoms. The molecule has 0 aliphatic carbocycles. The molecular formula is C15H17N5O3. The van der Waals surface area contributed by atoms with Crippen LogP contribution in [0, 0.1) is 22.7 Å². The van der Waals surface area contributed by atoms with E-state index in [1.807, 2.05) is 6.07 Å². The predicted octanol–water partition coefficient (Wildman–Crippen LogP) is 1.36. The fraction of sp³-hybridized carbons (Fsp3) is 0.400. The lowest BCUT2D eigenvalue weighted by molar-refractivity contribution is 0.122. The molecule has 1 heterocycles. The van der Waals surface area contributed by atoms with Crippen LogP contribution in [0.1, 0.15) is 0 Å². The summed E-state index contributed by atoms with van der Waals surface area (Å²) in [5, 5.41) is 21.2. The molecule has 0 radical (unpaired) electrons. The van der Waals surface area contributed by atoms with E-state index < -0.39 is 0 Å². The van der Waals surface area contributed by atoms with Gasteiger partial charge in [-0.1, -0.05) is 0 Å². The van der Waals surface area contributed by atoms with Crippen LogP contribution in [-0.2, 0) is 4.74 Å². The summed E-state index contributed by atoms with van der Waals surface area (Å²) in [7, 11) is 3.12. The molecule has 0 spiro atoms. The van der Waals surface area contributed by atoms with Crippen LogP contribution in [0.25, 0.3) is 0 Å². The van der Waals surface area contributed by atoms with Crippen LogP contribution in [0.15, 0.2) is 17.2 Å². The van der Waals surface area contributed by atoms with Crippen molar-refractivity contribution in [3.8, 4) is 23.6 Å². The highest BCUT2D eigenvalue weighted by Crippen LogP contribution is 2.38. The Hall–Kier alpha value is -2.97. The van der Waals surface area contributed by atoms with Crippen LogP contribution >= 0.6 is 0 Å². The summed E-state index contributed by atoms with van der Waals surface area (Å²) in [6.07, 6.45) is 0. The number of nitrogens with one attached hydrogen (secondary N) is 1. The first-order chi connectivity index (χ1) is 11.2. The Morgan fingerprint density at radius 3 is 2.39 bits per heavy atom. The number of ether oxygens (including phenoxy) is 3. The van der Waals surface area contributed by atoms with E-state index in [9.17, 15) is 0 Å². The smallest absolute Gasteiger partial charge is 0.237 e. The van der Waals surface area contributed by atoms with Gasteiger partial charge in [-0.05, 0) is 0 Å². The first-order valence-electron chi connectivity index (χ1n) is 6.96. The molecule has 0 unspecified atom stereocenters. The zero-order chi connectivity index (χ0) is 16.7. The van der Waals surface area contributed by atoms with E-state index in [0.717, 1.165) is 18.8 Å². The first-order valence-corrected chi connectivity index (χ1v) is 6.96. The number of hydrogen-bond donors (Lipinski definition) is 1. The minimum absolute atomic E-state index is 0.275. The normalized spacial score (nSPS) is 13.5. The van der Waals surface area contributed by atoms with E-state index in [2.05, 4.69) is 15.4 Å². The third kappa shape index (κ3) is 3.82. The molecule has 8 nitrogen and oxygen atoms in total. The topological polar surface area (TPSA) is 103 Å². The lowest BCUT2D eigenvalue weighted by Gasteiger charge is -2.30. The van der Waals surface area contributed by atoms with Crippen molar-refractivity contribution in [1.29, 1.82) is 10.5 Å². The Labute approximate surface area is 134 Å². The summed E-state index contributed by atoms with van der Waals surface area (Å²) in [6.45, 7) is 2.84. The Morgan fingerprint density at radius 1 is 1.17 bits per heavy atom. The van der Waals surface area contributed by atoms with Gasteiger partial charge in [0, 0.05) is 25.2 Å². The molecule has 2 rings (SSSR count). The van der Waals surface area contributed by atoms with Crippen LogP contribution < -0.4 is 19.8 Å². The number of hydrogen-bond acceptors (Lipinski definition) is 8. The maximum Gasteiger partial charge on any atom is 0.237 e. The minimum atomic E-state index is -0.275. The average Bonchev–Trinajstić information content (AvgIpc) is 2.62. The molecule has 23 heavy (non-hydrogen) atoms. The molecule has 1 aliphatic heterocycles. The van der Waals surface area contributed by atoms with E-state index in [0.29, 0.717) is 30.4 Å². The summed E-state index contributed by atoms with van der Waals surface area (Å²) in [4.78, 5) is 2.15. The van der Waals surface area contributed by atoms with Gasteiger partial charge in [-0.2, -0.15) is 15.6 Å². The largest absolute Gasteiger partial charge is 0.494 e. The lowest BCUT2D eigenvalue weighted by Crippen LogP contribution is -2.36. The molecular weight excluding hydrogens is 298 g/mol. The fourth-order valence-corrected chi connectivity index (χ4v) is 2.21. The zero-order valence-electron chi connectivity index (χ0n) is 13.0. The van der Waals surface area contributed by atoms with Gasteiger partial charge >= 0.3 is 0 Å². The standard InChI is InChI=1S/C15H17N5O3/c1-21-14-8-13(20-3-5-23-6-4-20)15(22-2)7-12(14)19-18-11(9-16)10-17/h7-8,19H,3-6H2,1-2H3. The Kier molecular flexibility index (Phi) is 5.61. The molecule has 0 saturated carbocycles. The predicted molar refractivity (Wildman–Crippen MR) is 84.9 cm³/mol. The second kappa shape index (κ2) is 7.87. The van der Waals surface area contributed by atoms with Crippen molar-refractivity contribution >= 4 is 17.1 Å². The van der Waals surface area contributed by atoms with Crippen LogP contribution in [0.3, 0.4) is 0 Å². The van der Waals surface area contributed by atoms with E-state index in [1.165, 1.54) is 7.11 Å². The zero-order valence-corrected chi connectivity index (χ0v) is 13.0. The molecule has 1 fully saturated rings. The van der Waals surface area contributed by atoms with Crippen LogP contribution in [0.4, 0.5) is 11.4 Å². The number of benzene rings is 1. The number of anilines is 2. The number of hydrazone groups is 1. The molecule has 120 valence electrons. The maximum atomic E-state index is 8.73. The monoisotopic (exact) mass is 315 g/mol. The van der Waals surface area contributed by atoms with Gasteiger partial charge in [0.15, 0.2) is 0 Å². The van der Waals surface area contributed by atoms with Gasteiger partial charge in [-0.15, -0.1) is 0 Å². The Morgan fingerprint density at radius 2 is 1.83 bits per heavy atom. The van der Waals surface area contributed by atoms with Gasteiger partial charge in [-0.3, -0.25) is 5.43 Å². The molecule has 0 aromatic heterocycles. The summed E-state index contributed by atoms with van der Waals surface area (Å²) < 4.78 is 16.2. The van der Waals surface area contributed by atoms with Gasteiger partial charge in [0.05, 0.1) is 33.1 Å². The summed E-state index contributed by atoms with van der Waals surface area (Å²) in [5.41, 5.74) is 3.79. The van der Waals surface area contributed by atoms with Crippen LogP contribution in [-0.4, -0.2) is 46.2 Å². The molecule has 0 bridgehead atoms. The second-order valence-electron chi connectivity index (χ2n) is 4.62. The number of nitriles is 2.